The van der Waals surface area contributed by atoms with Gasteiger partial charge in [-0.25, -0.2) is 4.68 Å². The Kier molecular flexibility index (Phi) is 4.88. The lowest BCUT2D eigenvalue weighted by molar-refractivity contribution is -0.137. The van der Waals surface area contributed by atoms with Crippen LogP contribution >= 0.6 is 0 Å². The van der Waals surface area contributed by atoms with Gasteiger partial charge in [0.1, 0.15) is 5.82 Å². The van der Waals surface area contributed by atoms with E-state index in [4.69, 9.17) is 5.10 Å². The predicted molar refractivity (Wildman–Crippen MR) is 99.5 cm³/mol. The van der Waals surface area contributed by atoms with Crippen LogP contribution in [-0.4, -0.2) is 41.4 Å². The maximum absolute atomic E-state index is 13.6. The highest BCUT2D eigenvalue weighted by atomic mass is 19.4. The van der Waals surface area contributed by atoms with E-state index in [0.717, 1.165) is 74.9 Å². The minimum atomic E-state index is -4.41. The number of piperidine rings is 1. The Morgan fingerprint density at radius 2 is 1.96 bits per heavy atom. The molecule has 1 saturated heterocycles. The maximum atomic E-state index is 13.6. The molecule has 4 rings (SSSR count). The van der Waals surface area contributed by atoms with Crippen molar-refractivity contribution in [2.75, 3.05) is 32.0 Å². The predicted octanol–water partition coefficient (Wildman–Crippen LogP) is 4.45. The average Bonchev–Trinajstić information content (AvgIpc) is 2.82. The molecule has 0 radical (unpaired) electrons. The van der Waals surface area contributed by atoms with Crippen LogP contribution in [0.1, 0.15) is 48.4 Å². The zero-order valence-corrected chi connectivity index (χ0v) is 15.5. The number of para-hydroxylation sites is 1. The summed E-state index contributed by atoms with van der Waals surface area (Å²) < 4.78 is 42.3. The van der Waals surface area contributed by atoms with Crippen molar-refractivity contribution in [2.24, 2.45) is 0 Å². The fraction of sp³-hybridized carbons (Fsp3) is 0.550. The fourth-order valence-corrected chi connectivity index (χ4v) is 4.32. The van der Waals surface area contributed by atoms with Crippen LogP contribution < -0.4 is 5.32 Å². The maximum Gasteiger partial charge on any atom is 0.418 e. The molecule has 1 fully saturated rings. The van der Waals surface area contributed by atoms with E-state index in [2.05, 4.69) is 17.3 Å². The molecule has 0 bridgehead atoms. The van der Waals surface area contributed by atoms with Crippen LogP contribution in [0.15, 0.2) is 24.3 Å². The van der Waals surface area contributed by atoms with Gasteiger partial charge in [0, 0.05) is 24.6 Å². The first-order valence-corrected chi connectivity index (χ1v) is 9.66. The molecular weight excluding hydrogens is 353 g/mol. The zero-order valence-electron chi connectivity index (χ0n) is 15.5. The topological polar surface area (TPSA) is 33.1 Å². The summed E-state index contributed by atoms with van der Waals surface area (Å²) in [7, 11) is 2.10. The Morgan fingerprint density at radius 1 is 1.15 bits per heavy atom. The van der Waals surface area contributed by atoms with Gasteiger partial charge in [-0.3, -0.25) is 0 Å². The van der Waals surface area contributed by atoms with E-state index in [-0.39, 0.29) is 11.6 Å². The molecule has 4 nitrogen and oxygen atoms in total. The summed E-state index contributed by atoms with van der Waals surface area (Å²) in [5.41, 5.74) is 1.53. The number of fused-ring (bicyclic) bond motifs is 1. The highest BCUT2D eigenvalue weighted by Crippen LogP contribution is 2.39. The van der Waals surface area contributed by atoms with Crippen molar-refractivity contribution in [1.82, 2.24) is 14.7 Å². The van der Waals surface area contributed by atoms with Crippen molar-refractivity contribution >= 4 is 5.82 Å². The summed E-state index contributed by atoms with van der Waals surface area (Å²) in [6.07, 6.45) is 0.628. The molecule has 1 atom stereocenters. The Bertz CT molecular complexity index is 812. The summed E-state index contributed by atoms with van der Waals surface area (Å²) in [6.45, 7) is 2.73. The lowest BCUT2D eigenvalue weighted by atomic mass is 9.91. The van der Waals surface area contributed by atoms with Crippen molar-refractivity contribution < 1.29 is 13.2 Å². The molecular formula is C20H25F3N4. The largest absolute Gasteiger partial charge is 0.418 e. The number of likely N-dealkylation sites (N-methyl/N-ethyl adjacent to an activating group) is 1. The van der Waals surface area contributed by atoms with E-state index in [0.29, 0.717) is 0 Å². The molecule has 1 unspecified atom stereocenters. The van der Waals surface area contributed by atoms with Gasteiger partial charge in [0.25, 0.3) is 0 Å². The van der Waals surface area contributed by atoms with E-state index < -0.39 is 11.7 Å². The molecule has 0 amide bonds. The van der Waals surface area contributed by atoms with Gasteiger partial charge < -0.3 is 10.2 Å². The van der Waals surface area contributed by atoms with Crippen LogP contribution in [0.4, 0.5) is 19.0 Å². The standard InChI is InChI=1S/C20H25F3N4/c1-26-12-6-7-14(13-26)18-15-8-4-5-11-24-19(15)27(25-18)17-10-3-2-9-16(17)20(21,22)23/h2-3,9-10,14,24H,4-8,11-13H2,1H3. The summed E-state index contributed by atoms with van der Waals surface area (Å²) in [6, 6.07) is 5.72. The normalized spacial score (nSPS) is 21.4. The smallest absolute Gasteiger partial charge is 0.370 e. The minimum Gasteiger partial charge on any atom is -0.370 e. The number of nitrogens with one attached hydrogen (secondary N) is 1. The van der Waals surface area contributed by atoms with Gasteiger partial charge in [-0.2, -0.15) is 18.3 Å². The number of nitrogens with zero attached hydrogens (tertiary/aromatic N) is 3. The Morgan fingerprint density at radius 3 is 2.74 bits per heavy atom. The summed E-state index contributed by atoms with van der Waals surface area (Å²) in [5, 5.41) is 8.12. The van der Waals surface area contributed by atoms with Gasteiger partial charge in [0.2, 0.25) is 0 Å². The van der Waals surface area contributed by atoms with Crippen molar-refractivity contribution in [3.05, 3.63) is 41.1 Å². The first kappa shape index (κ1) is 18.3. The monoisotopic (exact) mass is 378 g/mol. The average molecular weight is 378 g/mol. The first-order valence-electron chi connectivity index (χ1n) is 9.66. The molecule has 0 aliphatic carbocycles. The second-order valence-electron chi connectivity index (χ2n) is 7.62. The lowest BCUT2D eigenvalue weighted by Crippen LogP contribution is -2.31. The molecule has 1 aromatic carbocycles. The van der Waals surface area contributed by atoms with E-state index in [9.17, 15) is 13.2 Å². The second kappa shape index (κ2) is 7.19. The molecule has 27 heavy (non-hydrogen) atoms. The van der Waals surface area contributed by atoms with Crippen LogP contribution in [0.25, 0.3) is 5.69 Å². The molecule has 2 aromatic rings. The molecule has 1 N–H and O–H groups in total. The highest BCUT2D eigenvalue weighted by Gasteiger charge is 2.36. The van der Waals surface area contributed by atoms with Gasteiger partial charge in [-0.1, -0.05) is 12.1 Å². The zero-order chi connectivity index (χ0) is 19.0. The Hall–Kier alpha value is -2.02. The number of alkyl halides is 3. The molecule has 7 heteroatoms. The van der Waals surface area contributed by atoms with E-state index in [1.54, 1.807) is 6.07 Å². The molecule has 3 heterocycles. The number of halogens is 3. The number of anilines is 1. The van der Waals surface area contributed by atoms with Crippen molar-refractivity contribution in [2.45, 2.75) is 44.2 Å². The number of benzene rings is 1. The molecule has 0 spiro atoms. The Labute approximate surface area is 157 Å². The summed E-state index contributed by atoms with van der Waals surface area (Å²) in [4.78, 5) is 2.29. The molecule has 1 aromatic heterocycles. The fourth-order valence-electron chi connectivity index (χ4n) is 4.32. The van der Waals surface area contributed by atoms with Gasteiger partial charge in [0.15, 0.2) is 0 Å². The van der Waals surface area contributed by atoms with Gasteiger partial charge in [0.05, 0.1) is 16.9 Å². The van der Waals surface area contributed by atoms with E-state index in [1.165, 1.54) is 16.8 Å². The lowest BCUT2D eigenvalue weighted by Gasteiger charge is -2.29. The van der Waals surface area contributed by atoms with Crippen molar-refractivity contribution in [3.8, 4) is 5.69 Å². The van der Waals surface area contributed by atoms with Gasteiger partial charge in [-0.15, -0.1) is 0 Å². The molecule has 2 aliphatic rings. The molecule has 146 valence electrons. The number of aromatic nitrogens is 2. The summed E-state index contributed by atoms with van der Waals surface area (Å²) in [5.74, 6) is 1.02. The highest BCUT2D eigenvalue weighted by molar-refractivity contribution is 5.57. The number of likely N-dealkylation sites (tertiary alicyclic amines) is 1. The second-order valence-corrected chi connectivity index (χ2v) is 7.62. The number of rotatable bonds is 2. The molecule has 0 saturated carbocycles. The quantitative estimate of drug-likeness (QED) is 0.838. The number of hydrogen-bond donors (Lipinski definition) is 1. The third kappa shape index (κ3) is 3.57. The summed E-state index contributed by atoms with van der Waals surface area (Å²) >= 11 is 0. The van der Waals surface area contributed by atoms with E-state index >= 15 is 0 Å². The van der Waals surface area contributed by atoms with Crippen LogP contribution in [0.3, 0.4) is 0 Å². The SMILES string of the molecule is CN1CCCC(c2nn(-c3ccccc3C(F)(F)F)c3c2CCCCN3)C1. The first-order chi connectivity index (χ1) is 12.9. The van der Waals surface area contributed by atoms with Crippen LogP contribution in [0.2, 0.25) is 0 Å². The molecule has 2 aliphatic heterocycles. The third-order valence-corrected chi connectivity index (χ3v) is 5.61. The van der Waals surface area contributed by atoms with Gasteiger partial charge in [-0.05, 0) is 57.8 Å². The van der Waals surface area contributed by atoms with Crippen LogP contribution in [0.5, 0.6) is 0 Å². The van der Waals surface area contributed by atoms with Gasteiger partial charge >= 0.3 is 6.18 Å². The van der Waals surface area contributed by atoms with Crippen LogP contribution in [-0.2, 0) is 12.6 Å². The van der Waals surface area contributed by atoms with Crippen LogP contribution in [0, 0.1) is 0 Å². The minimum absolute atomic E-state index is 0.103. The van der Waals surface area contributed by atoms with Crippen molar-refractivity contribution in [1.29, 1.82) is 0 Å². The third-order valence-electron chi connectivity index (χ3n) is 5.61. The van der Waals surface area contributed by atoms with Crippen molar-refractivity contribution in [3.63, 3.8) is 0 Å². The Balaban J connectivity index is 1.85. The number of hydrogen-bond acceptors (Lipinski definition) is 3. The van der Waals surface area contributed by atoms with E-state index in [1.807, 2.05) is 0 Å².